The summed E-state index contributed by atoms with van der Waals surface area (Å²) < 4.78 is 16.6. The summed E-state index contributed by atoms with van der Waals surface area (Å²) in [6.45, 7) is 4.85. The molecule has 4 rings (SSSR count). The molecular formula is C16H22O4. The van der Waals surface area contributed by atoms with Gasteiger partial charge >= 0.3 is 5.97 Å². The van der Waals surface area contributed by atoms with Crippen LogP contribution in [0.5, 0.6) is 0 Å². The zero-order valence-electron chi connectivity index (χ0n) is 12.1. The molecule has 2 heterocycles. The van der Waals surface area contributed by atoms with Gasteiger partial charge in [0.05, 0.1) is 24.9 Å². The molecule has 0 aromatic heterocycles. The van der Waals surface area contributed by atoms with Gasteiger partial charge in [0.2, 0.25) is 0 Å². The highest BCUT2D eigenvalue weighted by atomic mass is 16.6. The number of carbonyl (C=O) groups is 1. The molecule has 0 aromatic rings. The molecule has 0 N–H and O–H groups in total. The number of hydrogen-bond acceptors (Lipinski definition) is 4. The van der Waals surface area contributed by atoms with E-state index in [0.29, 0.717) is 36.8 Å². The Morgan fingerprint density at radius 2 is 2.00 bits per heavy atom. The van der Waals surface area contributed by atoms with Crippen molar-refractivity contribution >= 4 is 5.97 Å². The first-order valence-electron chi connectivity index (χ1n) is 7.81. The summed E-state index contributed by atoms with van der Waals surface area (Å²) in [5.41, 5.74) is 0.813. The van der Waals surface area contributed by atoms with E-state index < -0.39 is 0 Å². The molecule has 0 aromatic carbocycles. The van der Waals surface area contributed by atoms with Crippen LogP contribution in [0.25, 0.3) is 0 Å². The molecule has 4 aliphatic rings. The first kappa shape index (κ1) is 12.8. The highest BCUT2D eigenvalue weighted by Crippen LogP contribution is 2.43. The third kappa shape index (κ3) is 2.29. The standard InChI is InChI=1S/C16H22O4/c1-8-3-12-14(19-12)5-10(8)7-18-16(17)11-6-15-13(20-15)4-9(11)2/h6,8-10,12-15H,3-5,7H2,1-2H3. The summed E-state index contributed by atoms with van der Waals surface area (Å²) in [5.74, 6) is 1.15. The van der Waals surface area contributed by atoms with Gasteiger partial charge in [-0.25, -0.2) is 4.79 Å². The van der Waals surface area contributed by atoms with Crippen molar-refractivity contribution in [1.29, 1.82) is 0 Å². The van der Waals surface area contributed by atoms with Crippen LogP contribution in [-0.4, -0.2) is 37.0 Å². The van der Waals surface area contributed by atoms with Crippen molar-refractivity contribution in [2.24, 2.45) is 17.8 Å². The average molecular weight is 278 g/mol. The zero-order valence-corrected chi connectivity index (χ0v) is 12.1. The third-order valence-electron chi connectivity index (χ3n) is 5.38. The molecule has 110 valence electrons. The molecule has 0 spiro atoms. The summed E-state index contributed by atoms with van der Waals surface area (Å²) in [6.07, 6.45) is 6.51. The second-order valence-corrected chi connectivity index (χ2v) is 6.92. The molecule has 1 saturated carbocycles. The predicted octanol–water partition coefficient (Wildman–Crippen LogP) is 2.08. The van der Waals surface area contributed by atoms with Gasteiger partial charge in [0.1, 0.15) is 6.10 Å². The Morgan fingerprint density at radius 1 is 1.20 bits per heavy atom. The highest BCUT2D eigenvalue weighted by molar-refractivity contribution is 5.89. The molecule has 4 nitrogen and oxygen atoms in total. The first-order valence-corrected chi connectivity index (χ1v) is 7.81. The largest absolute Gasteiger partial charge is 0.462 e. The van der Waals surface area contributed by atoms with Crippen molar-refractivity contribution in [2.45, 2.75) is 57.5 Å². The maximum absolute atomic E-state index is 12.2. The lowest BCUT2D eigenvalue weighted by Crippen LogP contribution is -2.28. The second kappa shape index (κ2) is 4.57. The Morgan fingerprint density at radius 3 is 2.85 bits per heavy atom. The number of fused-ring (bicyclic) bond motifs is 2. The van der Waals surface area contributed by atoms with Gasteiger partial charge in [-0.2, -0.15) is 0 Å². The van der Waals surface area contributed by atoms with E-state index in [9.17, 15) is 4.79 Å². The van der Waals surface area contributed by atoms with Gasteiger partial charge in [0, 0.05) is 5.57 Å². The van der Waals surface area contributed by atoms with Crippen LogP contribution >= 0.6 is 0 Å². The van der Waals surface area contributed by atoms with Crippen LogP contribution < -0.4 is 0 Å². The minimum Gasteiger partial charge on any atom is -0.462 e. The highest BCUT2D eigenvalue weighted by Gasteiger charge is 2.47. The van der Waals surface area contributed by atoms with Crippen molar-refractivity contribution in [3.8, 4) is 0 Å². The minimum atomic E-state index is -0.141. The van der Waals surface area contributed by atoms with E-state index in [1.807, 2.05) is 6.08 Å². The number of ether oxygens (including phenoxy) is 3. The minimum absolute atomic E-state index is 0.141. The molecule has 3 fully saturated rings. The Bertz CT molecular complexity index is 457. The fourth-order valence-corrected chi connectivity index (χ4v) is 3.76. The van der Waals surface area contributed by atoms with Gasteiger partial charge in [0.15, 0.2) is 0 Å². The van der Waals surface area contributed by atoms with E-state index in [4.69, 9.17) is 14.2 Å². The normalized spacial score (nSPS) is 48.7. The monoisotopic (exact) mass is 278 g/mol. The van der Waals surface area contributed by atoms with Crippen LogP contribution in [0.3, 0.4) is 0 Å². The van der Waals surface area contributed by atoms with Crippen molar-refractivity contribution in [2.75, 3.05) is 6.61 Å². The number of esters is 1. The van der Waals surface area contributed by atoms with E-state index in [1.54, 1.807) is 0 Å². The van der Waals surface area contributed by atoms with Crippen LogP contribution in [0, 0.1) is 17.8 Å². The van der Waals surface area contributed by atoms with Crippen LogP contribution in [-0.2, 0) is 19.0 Å². The van der Waals surface area contributed by atoms with Gasteiger partial charge in [-0.1, -0.05) is 13.8 Å². The molecule has 2 saturated heterocycles. The number of epoxide rings is 2. The Labute approximate surface area is 119 Å². The van der Waals surface area contributed by atoms with Crippen LogP contribution in [0.4, 0.5) is 0 Å². The Hall–Kier alpha value is -0.870. The fraction of sp³-hybridized carbons (Fsp3) is 0.812. The van der Waals surface area contributed by atoms with E-state index in [-0.39, 0.29) is 18.0 Å². The summed E-state index contributed by atoms with van der Waals surface area (Å²) in [5, 5.41) is 0. The van der Waals surface area contributed by atoms with E-state index in [0.717, 1.165) is 24.8 Å². The van der Waals surface area contributed by atoms with Gasteiger partial charge in [-0.15, -0.1) is 0 Å². The van der Waals surface area contributed by atoms with Crippen LogP contribution in [0.2, 0.25) is 0 Å². The van der Waals surface area contributed by atoms with Crippen LogP contribution in [0.1, 0.15) is 33.1 Å². The van der Waals surface area contributed by atoms with Crippen molar-refractivity contribution in [1.82, 2.24) is 0 Å². The van der Waals surface area contributed by atoms with E-state index in [1.165, 1.54) is 0 Å². The molecule has 20 heavy (non-hydrogen) atoms. The molecule has 2 aliphatic heterocycles. The molecule has 7 atom stereocenters. The second-order valence-electron chi connectivity index (χ2n) is 6.92. The zero-order chi connectivity index (χ0) is 13.9. The molecule has 0 bridgehead atoms. The molecule has 7 unspecified atom stereocenters. The Kier molecular flexibility index (Phi) is 2.93. The van der Waals surface area contributed by atoms with E-state index >= 15 is 0 Å². The lowest BCUT2D eigenvalue weighted by molar-refractivity contribution is -0.141. The summed E-state index contributed by atoms with van der Waals surface area (Å²) >= 11 is 0. The van der Waals surface area contributed by atoms with E-state index in [2.05, 4.69) is 13.8 Å². The summed E-state index contributed by atoms with van der Waals surface area (Å²) in [6, 6.07) is 0. The fourth-order valence-electron chi connectivity index (χ4n) is 3.76. The number of hydrogen-bond donors (Lipinski definition) is 0. The maximum Gasteiger partial charge on any atom is 0.334 e. The number of carbonyl (C=O) groups excluding carboxylic acids is 1. The lowest BCUT2D eigenvalue weighted by atomic mass is 9.81. The first-order chi connectivity index (χ1) is 9.61. The topological polar surface area (TPSA) is 51.4 Å². The quantitative estimate of drug-likeness (QED) is 0.586. The van der Waals surface area contributed by atoms with Crippen LogP contribution in [0.15, 0.2) is 11.6 Å². The van der Waals surface area contributed by atoms with Gasteiger partial charge < -0.3 is 14.2 Å². The molecule has 2 aliphatic carbocycles. The average Bonchev–Trinajstić information content (AvgIpc) is 3.29. The molecule has 0 amide bonds. The molecule has 4 heteroatoms. The summed E-state index contributed by atoms with van der Waals surface area (Å²) in [7, 11) is 0. The third-order valence-corrected chi connectivity index (χ3v) is 5.38. The Balaban J connectivity index is 1.33. The predicted molar refractivity (Wildman–Crippen MR) is 72.0 cm³/mol. The molecule has 0 radical (unpaired) electrons. The van der Waals surface area contributed by atoms with Crippen molar-refractivity contribution in [3.63, 3.8) is 0 Å². The number of rotatable bonds is 3. The SMILES string of the molecule is CC1CC2OC2C=C1C(=O)OCC1CC2OC2CC1C. The lowest BCUT2D eigenvalue weighted by Gasteiger charge is -2.26. The van der Waals surface area contributed by atoms with Crippen molar-refractivity contribution < 1.29 is 19.0 Å². The van der Waals surface area contributed by atoms with Gasteiger partial charge in [-0.05, 0) is 43.1 Å². The maximum atomic E-state index is 12.2. The summed E-state index contributed by atoms with van der Waals surface area (Å²) in [4.78, 5) is 12.2. The molecular weight excluding hydrogens is 256 g/mol. The van der Waals surface area contributed by atoms with Gasteiger partial charge in [-0.3, -0.25) is 0 Å². The van der Waals surface area contributed by atoms with Gasteiger partial charge in [0.25, 0.3) is 0 Å². The smallest absolute Gasteiger partial charge is 0.334 e. The van der Waals surface area contributed by atoms with Crippen molar-refractivity contribution in [3.05, 3.63) is 11.6 Å².